The average molecular weight is 294 g/mol. The Morgan fingerprint density at radius 1 is 1.15 bits per heavy atom. The first-order valence-corrected chi connectivity index (χ1v) is 8.36. The van der Waals surface area contributed by atoms with Crippen molar-refractivity contribution in [3.8, 4) is 0 Å². The number of fused-ring (bicyclic) bond motifs is 2. The smallest absolute Gasteiger partial charge is 0.264 e. The van der Waals surface area contributed by atoms with Crippen molar-refractivity contribution in [3.63, 3.8) is 0 Å². The fourth-order valence-corrected chi connectivity index (χ4v) is 4.51. The van der Waals surface area contributed by atoms with Gasteiger partial charge in [0, 0.05) is 11.6 Å². The van der Waals surface area contributed by atoms with Crippen molar-refractivity contribution in [1.82, 2.24) is 4.72 Å². The molecule has 0 spiro atoms. The molecule has 2 aliphatic rings. The molecule has 108 valence electrons. The van der Waals surface area contributed by atoms with E-state index in [0.29, 0.717) is 17.5 Å². The van der Waals surface area contributed by atoms with Crippen molar-refractivity contribution in [1.29, 1.82) is 0 Å². The van der Waals surface area contributed by atoms with Crippen LogP contribution in [0, 0.1) is 17.8 Å². The van der Waals surface area contributed by atoms with Crippen molar-refractivity contribution in [3.05, 3.63) is 24.3 Å². The third kappa shape index (κ3) is 2.40. The first-order valence-electron chi connectivity index (χ1n) is 6.88. The lowest BCUT2D eigenvalue weighted by atomic mass is 9.88. The molecule has 2 fully saturated rings. The van der Waals surface area contributed by atoms with Gasteiger partial charge in [-0.1, -0.05) is 6.42 Å². The lowest BCUT2D eigenvalue weighted by Gasteiger charge is -2.20. The monoisotopic (exact) mass is 294 g/mol. The van der Waals surface area contributed by atoms with E-state index in [-0.39, 0.29) is 16.7 Å². The molecule has 1 aromatic carbocycles. The van der Waals surface area contributed by atoms with E-state index in [0.717, 1.165) is 19.3 Å². The van der Waals surface area contributed by atoms with Gasteiger partial charge in [-0.15, -0.1) is 0 Å². The molecule has 0 saturated heterocycles. The van der Waals surface area contributed by atoms with Crippen LogP contribution in [0.1, 0.15) is 25.7 Å². The molecule has 1 aromatic rings. The number of sulfonamides is 1. The van der Waals surface area contributed by atoms with E-state index >= 15 is 0 Å². The fourth-order valence-electron chi connectivity index (χ4n) is 3.48. The SMILES string of the molecule is Nc1ccc(S(=O)(=O)NC(=O)C2CC3CCC2C3)cc1. The summed E-state index contributed by atoms with van der Waals surface area (Å²) in [7, 11) is -3.79. The summed E-state index contributed by atoms with van der Waals surface area (Å²) in [6, 6.07) is 5.84. The molecule has 0 aromatic heterocycles. The van der Waals surface area contributed by atoms with Gasteiger partial charge in [0.2, 0.25) is 5.91 Å². The van der Waals surface area contributed by atoms with Crippen LogP contribution in [-0.2, 0) is 14.8 Å². The summed E-state index contributed by atoms with van der Waals surface area (Å²) in [6.07, 6.45) is 4.12. The van der Waals surface area contributed by atoms with Crippen LogP contribution in [0.2, 0.25) is 0 Å². The molecule has 3 atom stereocenters. The average Bonchev–Trinajstić information content (AvgIpc) is 3.01. The second-order valence-electron chi connectivity index (χ2n) is 5.82. The number of anilines is 1. The van der Waals surface area contributed by atoms with E-state index in [9.17, 15) is 13.2 Å². The van der Waals surface area contributed by atoms with Crippen molar-refractivity contribution >= 4 is 21.6 Å². The maximum Gasteiger partial charge on any atom is 0.264 e. The largest absolute Gasteiger partial charge is 0.399 e. The highest BCUT2D eigenvalue weighted by atomic mass is 32.2. The van der Waals surface area contributed by atoms with Crippen molar-refractivity contribution in [2.24, 2.45) is 17.8 Å². The van der Waals surface area contributed by atoms with Crippen LogP contribution < -0.4 is 10.5 Å². The highest BCUT2D eigenvalue weighted by Gasteiger charge is 2.43. The topological polar surface area (TPSA) is 89.3 Å². The number of carbonyl (C=O) groups is 1. The fraction of sp³-hybridized carbons (Fsp3) is 0.500. The molecule has 3 rings (SSSR count). The number of rotatable bonds is 3. The lowest BCUT2D eigenvalue weighted by molar-refractivity contribution is -0.124. The zero-order valence-corrected chi connectivity index (χ0v) is 11.9. The molecule has 20 heavy (non-hydrogen) atoms. The van der Waals surface area contributed by atoms with E-state index in [2.05, 4.69) is 4.72 Å². The minimum Gasteiger partial charge on any atom is -0.399 e. The number of nitrogen functional groups attached to an aromatic ring is 1. The lowest BCUT2D eigenvalue weighted by Crippen LogP contribution is -2.37. The number of benzene rings is 1. The van der Waals surface area contributed by atoms with E-state index in [1.807, 2.05) is 0 Å². The predicted molar refractivity (Wildman–Crippen MR) is 75.1 cm³/mol. The molecule has 6 heteroatoms. The van der Waals surface area contributed by atoms with Gasteiger partial charge in [-0.25, -0.2) is 13.1 Å². The van der Waals surface area contributed by atoms with Gasteiger partial charge in [-0.2, -0.15) is 0 Å². The Labute approximate surface area is 118 Å². The Hall–Kier alpha value is -1.56. The highest BCUT2D eigenvalue weighted by molar-refractivity contribution is 7.90. The van der Waals surface area contributed by atoms with Crippen molar-refractivity contribution in [2.45, 2.75) is 30.6 Å². The summed E-state index contributed by atoms with van der Waals surface area (Å²) >= 11 is 0. The van der Waals surface area contributed by atoms with E-state index in [1.54, 1.807) is 0 Å². The first-order chi connectivity index (χ1) is 9.45. The van der Waals surface area contributed by atoms with Gasteiger partial charge in [0.25, 0.3) is 10.0 Å². The van der Waals surface area contributed by atoms with Crippen LogP contribution in [0.15, 0.2) is 29.2 Å². The summed E-state index contributed by atoms with van der Waals surface area (Å²) in [5.74, 6) is 0.475. The summed E-state index contributed by atoms with van der Waals surface area (Å²) in [5.41, 5.74) is 6.02. The summed E-state index contributed by atoms with van der Waals surface area (Å²) < 4.78 is 26.5. The molecule has 1 amide bonds. The minimum atomic E-state index is -3.79. The normalized spacial score (nSPS) is 28.5. The number of nitrogens with two attached hydrogens (primary N) is 1. The zero-order chi connectivity index (χ0) is 14.3. The number of nitrogens with one attached hydrogen (secondary N) is 1. The molecular formula is C14H18N2O3S. The van der Waals surface area contributed by atoms with Crippen molar-refractivity contribution in [2.75, 3.05) is 5.73 Å². The maximum atomic E-state index is 12.2. The van der Waals surface area contributed by atoms with Crippen LogP contribution in [0.5, 0.6) is 0 Å². The quantitative estimate of drug-likeness (QED) is 0.827. The van der Waals surface area contributed by atoms with Gasteiger partial charge >= 0.3 is 0 Å². The standard InChI is InChI=1S/C14H18N2O3S/c15-11-3-5-12(6-4-11)20(18,19)16-14(17)13-8-9-1-2-10(13)7-9/h3-6,9-10,13H,1-2,7-8,15H2,(H,16,17). The van der Waals surface area contributed by atoms with Gasteiger partial charge in [0.1, 0.15) is 0 Å². The van der Waals surface area contributed by atoms with Gasteiger partial charge in [0.15, 0.2) is 0 Å². The Morgan fingerprint density at radius 3 is 2.40 bits per heavy atom. The molecule has 2 saturated carbocycles. The van der Waals surface area contributed by atoms with E-state index in [1.165, 1.54) is 30.7 Å². The second kappa shape index (κ2) is 4.77. The molecule has 5 nitrogen and oxygen atoms in total. The molecule has 2 aliphatic carbocycles. The molecule has 3 N–H and O–H groups in total. The highest BCUT2D eigenvalue weighted by Crippen LogP contribution is 2.48. The van der Waals surface area contributed by atoms with Crippen LogP contribution >= 0.6 is 0 Å². The molecular weight excluding hydrogens is 276 g/mol. The maximum absolute atomic E-state index is 12.2. The predicted octanol–water partition coefficient (Wildman–Crippen LogP) is 1.51. The molecule has 0 heterocycles. The van der Waals surface area contributed by atoms with Crippen LogP contribution in [0.4, 0.5) is 5.69 Å². The Balaban J connectivity index is 1.73. The minimum absolute atomic E-state index is 0.0724. The number of hydrogen-bond donors (Lipinski definition) is 2. The van der Waals surface area contributed by atoms with Gasteiger partial charge in [0.05, 0.1) is 4.90 Å². The zero-order valence-electron chi connectivity index (χ0n) is 11.1. The number of hydrogen-bond acceptors (Lipinski definition) is 4. The van der Waals surface area contributed by atoms with Crippen LogP contribution in [0.3, 0.4) is 0 Å². The summed E-state index contributed by atoms with van der Waals surface area (Å²) in [4.78, 5) is 12.2. The number of carbonyl (C=O) groups excluding carboxylic acids is 1. The second-order valence-corrected chi connectivity index (χ2v) is 7.50. The first kappa shape index (κ1) is 13.4. The van der Waals surface area contributed by atoms with Crippen LogP contribution in [0.25, 0.3) is 0 Å². The number of amides is 1. The Morgan fingerprint density at radius 2 is 1.85 bits per heavy atom. The summed E-state index contributed by atoms with van der Waals surface area (Å²) in [6.45, 7) is 0. The Kier molecular flexibility index (Phi) is 3.20. The Bertz CT molecular complexity index is 624. The third-order valence-electron chi connectivity index (χ3n) is 4.50. The third-order valence-corrected chi connectivity index (χ3v) is 5.86. The van der Waals surface area contributed by atoms with Crippen molar-refractivity contribution < 1.29 is 13.2 Å². The molecule has 3 unspecified atom stereocenters. The molecule has 2 bridgehead atoms. The van der Waals surface area contributed by atoms with Gasteiger partial charge < -0.3 is 5.73 Å². The van der Waals surface area contributed by atoms with Crippen LogP contribution in [-0.4, -0.2) is 14.3 Å². The van der Waals surface area contributed by atoms with E-state index < -0.39 is 10.0 Å². The van der Waals surface area contributed by atoms with Gasteiger partial charge in [-0.3, -0.25) is 4.79 Å². The molecule has 0 radical (unpaired) electrons. The molecule has 0 aliphatic heterocycles. The van der Waals surface area contributed by atoms with Gasteiger partial charge in [-0.05, 0) is 55.4 Å². The van der Waals surface area contributed by atoms with E-state index in [4.69, 9.17) is 5.73 Å². The summed E-state index contributed by atoms with van der Waals surface area (Å²) in [5, 5.41) is 0.